The predicted octanol–water partition coefficient (Wildman–Crippen LogP) is 2.03. The Labute approximate surface area is 107 Å². The first-order valence-electron chi connectivity index (χ1n) is 5.98. The van der Waals surface area contributed by atoms with E-state index in [-0.39, 0.29) is 5.91 Å². The highest BCUT2D eigenvalue weighted by Gasteiger charge is 2.15. The Morgan fingerprint density at radius 3 is 2.67 bits per heavy atom. The summed E-state index contributed by atoms with van der Waals surface area (Å²) in [5.41, 5.74) is 2.69. The minimum atomic E-state index is 0.0113. The van der Waals surface area contributed by atoms with Gasteiger partial charge in [-0.25, -0.2) is 0 Å². The second-order valence-corrected chi connectivity index (χ2v) is 4.37. The van der Waals surface area contributed by atoms with Gasteiger partial charge in [0.1, 0.15) is 0 Å². The van der Waals surface area contributed by atoms with Gasteiger partial charge in [0.15, 0.2) is 0 Å². The van der Waals surface area contributed by atoms with Crippen molar-refractivity contribution in [2.24, 2.45) is 0 Å². The molecule has 2 aromatic rings. The SMILES string of the molecule is Cc1[nH]ncc1C(=O)N(C)CCc1ccccc1. The van der Waals surface area contributed by atoms with Gasteiger partial charge in [0.2, 0.25) is 0 Å². The summed E-state index contributed by atoms with van der Waals surface area (Å²) in [7, 11) is 1.82. The van der Waals surface area contributed by atoms with Crippen molar-refractivity contribution >= 4 is 5.91 Å². The van der Waals surface area contributed by atoms with Crippen LogP contribution in [0.1, 0.15) is 21.6 Å². The van der Waals surface area contributed by atoms with Crippen molar-refractivity contribution in [2.45, 2.75) is 13.3 Å². The van der Waals surface area contributed by atoms with Crippen LogP contribution in [0, 0.1) is 6.92 Å². The Kier molecular flexibility index (Phi) is 3.77. The van der Waals surface area contributed by atoms with Crippen molar-refractivity contribution in [1.82, 2.24) is 15.1 Å². The lowest BCUT2D eigenvalue weighted by atomic mass is 10.1. The smallest absolute Gasteiger partial charge is 0.257 e. The first-order valence-corrected chi connectivity index (χ1v) is 5.98. The maximum atomic E-state index is 12.1. The molecule has 0 aliphatic heterocycles. The molecule has 2 rings (SSSR count). The predicted molar refractivity (Wildman–Crippen MR) is 70.4 cm³/mol. The van der Waals surface area contributed by atoms with E-state index in [1.54, 1.807) is 11.1 Å². The van der Waals surface area contributed by atoms with Crippen molar-refractivity contribution in [3.63, 3.8) is 0 Å². The van der Waals surface area contributed by atoms with Crippen LogP contribution >= 0.6 is 0 Å². The number of amides is 1. The number of hydrogen-bond acceptors (Lipinski definition) is 2. The number of nitrogens with one attached hydrogen (secondary N) is 1. The first-order chi connectivity index (χ1) is 8.68. The van der Waals surface area contributed by atoms with Crippen LogP contribution in [0.15, 0.2) is 36.5 Å². The van der Waals surface area contributed by atoms with Gasteiger partial charge in [-0.15, -0.1) is 0 Å². The molecule has 0 aliphatic rings. The zero-order valence-electron chi connectivity index (χ0n) is 10.7. The van der Waals surface area contributed by atoms with Crippen molar-refractivity contribution in [2.75, 3.05) is 13.6 Å². The molecule has 0 radical (unpaired) electrons. The van der Waals surface area contributed by atoms with Crippen molar-refractivity contribution in [3.8, 4) is 0 Å². The van der Waals surface area contributed by atoms with Crippen LogP contribution in [0.4, 0.5) is 0 Å². The number of rotatable bonds is 4. The Balaban J connectivity index is 1.95. The van der Waals surface area contributed by atoms with Gasteiger partial charge >= 0.3 is 0 Å². The average molecular weight is 243 g/mol. The summed E-state index contributed by atoms with van der Waals surface area (Å²) in [5, 5.41) is 6.65. The molecule has 1 N–H and O–H groups in total. The summed E-state index contributed by atoms with van der Waals surface area (Å²) in [6.07, 6.45) is 2.44. The highest BCUT2D eigenvalue weighted by Crippen LogP contribution is 2.07. The lowest BCUT2D eigenvalue weighted by Crippen LogP contribution is -2.29. The van der Waals surface area contributed by atoms with E-state index in [9.17, 15) is 4.79 Å². The molecule has 0 aliphatic carbocycles. The molecular formula is C14H17N3O. The molecule has 94 valence electrons. The third-order valence-electron chi connectivity index (χ3n) is 2.99. The zero-order valence-corrected chi connectivity index (χ0v) is 10.7. The number of carbonyl (C=O) groups is 1. The van der Waals surface area contributed by atoms with Gasteiger partial charge in [0.25, 0.3) is 5.91 Å². The Bertz CT molecular complexity index is 519. The molecule has 4 heteroatoms. The van der Waals surface area contributed by atoms with E-state index >= 15 is 0 Å². The third-order valence-corrected chi connectivity index (χ3v) is 2.99. The minimum Gasteiger partial charge on any atom is -0.341 e. The molecule has 1 aromatic carbocycles. The molecule has 0 saturated carbocycles. The molecule has 1 aromatic heterocycles. The highest BCUT2D eigenvalue weighted by molar-refractivity contribution is 5.94. The molecule has 0 bridgehead atoms. The fourth-order valence-electron chi connectivity index (χ4n) is 1.81. The number of carbonyl (C=O) groups excluding carboxylic acids is 1. The number of nitrogens with zero attached hydrogens (tertiary/aromatic N) is 2. The van der Waals surface area contributed by atoms with Gasteiger partial charge in [-0.2, -0.15) is 5.10 Å². The monoisotopic (exact) mass is 243 g/mol. The largest absolute Gasteiger partial charge is 0.341 e. The molecule has 0 unspecified atom stereocenters. The Morgan fingerprint density at radius 2 is 2.06 bits per heavy atom. The fourth-order valence-corrected chi connectivity index (χ4v) is 1.81. The van der Waals surface area contributed by atoms with E-state index < -0.39 is 0 Å². The van der Waals surface area contributed by atoms with E-state index in [1.165, 1.54) is 5.56 Å². The van der Waals surface area contributed by atoms with Gasteiger partial charge in [0, 0.05) is 19.3 Å². The standard InChI is InChI=1S/C14H17N3O/c1-11-13(10-15-16-11)14(18)17(2)9-8-12-6-4-3-5-7-12/h3-7,10H,8-9H2,1-2H3,(H,15,16). The van der Waals surface area contributed by atoms with E-state index in [1.807, 2.05) is 32.2 Å². The average Bonchev–Trinajstić information content (AvgIpc) is 2.82. The molecule has 1 amide bonds. The topological polar surface area (TPSA) is 49.0 Å². The first kappa shape index (κ1) is 12.4. The Hall–Kier alpha value is -2.10. The molecule has 0 spiro atoms. The van der Waals surface area contributed by atoms with Crippen LogP contribution in [0.3, 0.4) is 0 Å². The summed E-state index contributed by atoms with van der Waals surface area (Å²) in [4.78, 5) is 13.8. The summed E-state index contributed by atoms with van der Waals surface area (Å²) >= 11 is 0. The van der Waals surface area contributed by atoms with Gasteiger partial charge in [-0.1, -0.05) is 30.3 Å². The Morgan fingerprint density at radius 1 is 1.33 bits per heavy atom. The van der Waals surface area contributed by atoms with E-state index in [4.69, 9.17) is 0 Å². The lowest BCUT2D eigenvalue weighted by molar-refractivity contribution is 0.0796. The molecule has 0 atom stereocenters. The lowest BCUT2D eigenvalue weighted by Gasteiger charge is -2.16. The van der Waals surface area contributed by atoms with Crippen molar-refractivity contribution < 1.29 is 4.79 Å². The van der Waals surface area contributed by atoms with Crippen LogP contribution in [-0.4, -0.2) is 34.6 Å². The van der Waals surface area contributed by atoms with Crippen molar-refractivity contribution in [1.29, 1.82) is 0 Å². The fraction of sp³-hybridized carbons (Fsp3) is 0.286. The summed E-state index contributed by atoms with van der Waals surface area (Å²) < 4.78 is 0. The number of likely N-dealkylation sites (N-methyl/N-ethyl adjacent to an activating group) is 1. The summed E-state index contributed by atoms with van der Waals surface area (Å²) in [6.45, 7) is 2.55. The second-order valence-electron chi connectivity index (χ2n) is 4.37. The van der Waals surface area contributed by atoms with Gasteiger partial charge in [-0.3, -0.25) is 9.89 Å². The highest BCUT2D eigenvalue weighted by atomic mass is 16.2. The van der Waals surface area contributed by atoms with Crippen LogP contribution in [0.2, 0.25) is 0 Å². The van der Waals surface area contributed by atoms with Gasteiger partial charge in [-0.05, 0) is 18.9 Å². The number of aromatic nitrogens is 2. The minimum absolute atomic E-state index is 0.0113. The van der Waals surface area contributed by atoms with Crippen LogP contribution in [-0.2, 0) is 6.42 Å². The molecule has 18 heavy (non-hydrogen) atoms. The molecule has 4 nitrogen and oxygen atoms in total. The maximum Gasteiger partial charge on any atom is 0.257 e. The van der Waals surface area contributed by atoms with Crippen LogP contribution < -0.4 is 0 Å². The van der Waals surface area contributed by atoms with Crippen LogP contribution in [0.25, 0.3) is 0 Å². The van der Waals surface area contributed by atoms with E-state index in [0.717, 1.165) is 12.1 Å². The van der Waals surface area contributed by atoms with Crippen molar-refractivity contribution in [3.05, 3.63) is 53.3 Å². The van der Waals surface area contributed by atoms with Gasteiger partial charge in [0.05, 0.1) is 11.8 Å². The number of aromatic amines is 1. The molecule has 0 saturated heterocycles. The number of H-pyrrole nitrogens is 1. The molecule has 1 heterocycles. The quantitative estimate of drug-likeness (QED) is 0.893. The molecular weight excluding hydrogens is 226 g/mol. The third kappa shape index (κ3) is 2.77. The summed E-state index contributed by atoms with van der Waals surface area (Å²) in [5.74, 6) is 0.0113. The van der Waals surface area contributed by atoms with Crippen LogP contribution in [0.5, 0.6) is 0 Å². The number of benzene rings is 1. The zero-order chi connectivity index (χ0) is 13.0. The summed E-state index contributed by atoms with van der Waals surface area (Å²) in [6, 6.07) is 10.2. The number of hydrogen-bond donors (Lipinski definition) is 1. The maximum absolute atomic E-state index is 12.1. The van der Waals surface area contributed by atoms with Gasteiger partial charge < -0.3 is 4.90 Å². The van der Waals surface area contributed by atoms with E-state index in [2.05, 4.69) is 22.3 Å². The molecule has 0 fully saturated rings. The second kappa shape index (κ2) is 5.49. The van der Waals surface area contributed by atoms with E-state index in [0.29, 0.717) is 12.1 Å². The number of aryl methyl sites for hydroxylation is 1. The normalized spacial score (nSPS) is 10.3.